The molecule has 0 spiro atoms. The van der Waals surface area contributed by atoms with Crippen LogP contribution in [-0.4, -0.2) is 65.8 Å². The number of benzene rings is 2. The number of nitrogens with one attached hydrogen (secondary N) is 1. The molecule has 1 unspecified atom stereocenters. The lowest BCUT2D eigenvalue weighted by Gasteiger charge is -2.40. The van der Waals surface area contributed by atoms with Crippen molar-refractivity contribution in [1.82, 2.24) is 15.1 Å². The summed E-state index contributed by atoms with van der Waals surface area (Å²) in [7, 11) is 0. The average Bonchev–Trinajstić information content (AvgIpc) is 3.43. The summed E-state index contributed by atoms with van der Waals surface area (Å²) in [6, 6.07) is 23.9. The Morgan fingerprint density at radius 2 is 1.53 bits per heavy atom. The van der Waals surface area contributed by atoms with Crippen LogP contribution < -0.4 is 5.32 Å². The van der Waals surface area contributed by atoms with Gasteiger partial charge in [0.15, 0.2) is 5.76 Å². The molecule has 0 saturated carbocycles. The molecule has 1 aliphatic rings. The Hall–Kier alpha value is -3.03. The molecule has 2 heterocycles. The number of carbonyl (C=O) groups excluding carboxylic acids is 2. The number of hydrogen-bond acceptors (Lipinski definition) is 5. The molecular weight excluding hydrogens is 446 g/mol. The highest BCUT2D eigenvalue weighted by atomic mass is 32.2. The van der Waals surface area contributed by atoms with Crippen LogP contribution in [-0.2, 0) is 4.79 Å². The summed E-state index contributed by atoms with van der Waals surface area (Å²) in [4.78, 5) is 30.2. The Kier molecular flexibility index (Phi) is 8.44. The van der Waals surface area contributed by atoms with Gasteiger partial charge in [0.1, 0.15) is 6.04 Å². The second kappa shape index (κ2) is 11.9. The molecule has 6 nitrogen and oxygen atoms in total. The highest BCUT2D eigenvalue weighted by Gasteiger charge is 2.32. The van der Waals surface area contributed by atoms with E-state index >= 15 is 0 Å². The first kappa shape index (κ1) is 24.1. The van der Waals surface area contributed by atoms with Crippen molar-refractivity contribution < 1.29 is 14.0 Å². The number of furan rings is 1. The zero-order valence-electron chi connectivity index (χ0n) is 19.4. The Balaban J connectivity index is 1.44. The maximum Gasteiger partial charge on any atom is 0.287 e. The topological polar surface area (TPSA) is 65.8 Å². The van der Waals surface area contributed by atoms with Gasteiger partial charge in [-0.3, -0.25) is 14.5 Å². The predicted molar refractivity (Wildman–Crippen MR) is 136 cm³/mol. The first-order chi connectivity index (χ1) is 16.7. The highest BCUT2D eigenvalue weighted by molar-refractivity contribution is 7.98. The Morgan fingerprint density at radius 1 is 0.912 bits per heavy atom. The Bertz CT molecular complexity index is 996. The lowest BCUT2D eigenvalue weighted by atomic mass is 9.96. The van der Waals surface area contributed by atoms with Gasteiger partial charge in [-0.15, -0.1) is 0 Å². The third kappa shape index (κ3) is 5.90. The van der Waals surface area contributed by atoms with Gasteiger partial charge < -0.3 is 14.6 Å². The lowest BCUT2D eigenvalue weighted by Crippen LogP contribution is -2.55. The van der Waals surface area contributed by atoms with E-state index in [1.54, 1.807) is 23.9 Å². The van der Waals surface area contributed by atoms with E-state index < -0.39 is 6.04 Å². The van der Waals surface area contributed by atoms with Crippen LogP contribution in [0.1, 0.15) is 34.1 Å². The van der Waals surface area contributed by atoms with Crippen LogP contribution in [0.2, 0.25) is 0 Å². The molecule has 1 atom stereocenters. The number of thioether (sulfide) groups is 1. The van der Waals surface area contributed by atoms with E-state index in [-0.39, 0.29) is 23.6 Å². The fourth-order valence-electron chi connectivity index (χ4n) is 4.44. The largest absolute Gasteiger partial charge is 0.459 e. The van der Waals surface area contributed by atoms with Crippen molar-refractivity contribution in [3.8, 4) is 0 Å². The molecule has 0 radical (unpaired) electrons. The van der Waals surface area contributed by atoms with Crippen LogP contribution in [0, 0.1) is 0 Å². The number of carbonyl (C=O) groups is 2. The lowest BCUT2D eigenvalue weighted by molar-refractivity contribution is -0.135. The molecule has 7 heteroatoms. The molecule has 178 valence electrons. The monoisotopic (exact) mass is 477 g/mol. The second-order valence-electron chi connectivity index (χ2n) is 8.37. The van der Waals surface area contributed by atoms with Gasteiger partial charge in [0.05, 0.1) is 12.3 Å². The zero-order valence-corrected chi connectivity index (χ0v) is 20.2. The summed E-state index contributed by atoms with van der Waals surface area (Å²) in [5.74, 6) is 0.639. The summed E-state index contributed by atoms with van der Waals surface area (Å²) in [6.45, 7) is 2.78. The molecule has 1 aromatic heterocycles. The van der Waals surface area contributed by atoms with Crippen molar-refractivity contribution in [1.29, 1.82) is 0 Å². The summed E-state index contributed by atoms with van der Waals surface area (Å²) in [6.07, 6.45) is 4.05. The van der Waals surface area contributed by atoms with E-state index in [0.717, 1.165) is 18.8 Å². The fraction of sp³-hybridized carbons (Fsp3) is 0.333. The fourth-order valence-corrected chi connectivity index (χ4v) is 4.91. The molecule has 0 bridgehead atoms. The van der Waals surface area contributed by atoms with Crippen molar-refractivity contribution in [3.05, 3.63) is 95.9 Å². The van der Waals surface area contributed by atoms with Crippen LogP contribution in [0.25, 0.3) is 0 Å². The minimum absolute atomic E-state index is 0.0235. The van der Waals surface area contributed by atoms with Gasteiger partial charge in [-0.2, -0.15) is 11.8 Å². The molecular formula is C27H31N3O3S. The van der Waals surface area contributed by atoms with Gasteiger partial charge in [-0.05, 0) is 41.7 Å². The Morgan fingerprint density at radius 3 is 2.06 bits per heavy atom. The van der Waals surface area contributed by atoms with E-state index in [4.69, 9.17) is 4.42 Å². The quantitative estimate of drug-likeness (QED) is 0.503. The van der Waals surface area contributed by atoms with Gasteiger partial charge >= 0.3 is 0 Å². The third-order valence-corrected chi connectivity index (χ3v) is 6.82. The first-order valence-electron chi connectivity index (χ1n) is 11.6. The summed E-state index contributed by atoms with van der Waals surface area (Å²) >= 11 is 1.66. The van der Waals surface area contributed by atoms with Gasteiger partial charge in [0.25, 0.3) is 5.91 Å². The smallest absolute Gasteiger partial charge is 0.287 e. The van der Waals surface area contributed by atoms with Crippen molar-refractivity contribution >= 4 is 23.6 Å². The average molecular weight is 478 g/mol. The number of rotatable bonds is 9. The molecule has 2 amide bonds. The van der Waals surface area contributed by atoms with E-state index in [1.807, 2.05) is 23.3 Å². The van der Waals surface area contributed by atoms with Crippen LogP contribution >= 0.6 is 11.8 Å². The zero-order chi connectivity index (χ0) is 23.8. The van der Waals surface area contributed by atoms with Crippen molar-refractivity contribution in [2.24, 2.45) is 0 Å². The third-order valence-electron chi connectivity index (χ3n) is 6.18. The van der Waals surface area contributed by atoms with E-state index in [2.05, 4.69) is 58.7 Å². The van der Waals surface area contributed by atoms with Gasteiger partial charge in [0, 0.05) is 26.2 Å². The Labute approximate surface area is 205 Å². The molecule has 1 saturated heterocycles. The molecule has 4 rings (SSSR count). The number of piperazine rings is 1. The number of amides is 2. The van der Waals surface area contributed by atoms with Crippen LogP contribution in [0.3, 0.4) is 0 Å². The molecule has 34 heavy (non-hydrogen) atoms. The number of hydrogen-bond donors (Lipinski definition) is 1. The molecule has 1 N–H and O–H groups in total. The molecule has 3 aromatic rings. The minimum Gasteiger partial charge on any atom is -0.459 e. The highest BCUT2D eigenvalue weighted by Crippen LogP contribution is 2.29. The summed E-state index contributed by atoms with van der Waals surface area (Å²) < 4.78 is 5.20. The van der Waals surface area contributed by atoms with Crippen molar-refractivity contribution in [2.45, 2.75) is 18.5 Å². The SMILES string of the molecule is CSCCC(NC(=O)c1ccco1)C(=O)N1CCN(C(c2ccccc2)c2ccccc2)CC1. The maximum absolute atomic E-state index is 13.4. The second-order valence-corrected chi connectivity index (χ2v) is 9.36. The first-order valence-corrected chi connectivity index (χ1v) is 13.0. The van der Waals surface area contributed by atoms with Gasteiger partial charge in [-0.1, -0.05) is 60.7 Å². The number of nitrogens with zero attached hydrogens (tertiary/aromatic N) is 2. The van der Waals surface area contributed by atoms with Crippen molar-refractivity contribution in [3.63, 3.8) is 0 Å². The molecule has 1 aliphatic heterocycles. The summed E-state index contributed by atoms with van der Waals surface area (Å²) in [5.41, 5.74) is 2.49. The van der Waals surface area contributed by atoms with Crippen molar-refractivity contribution in [2.75, 3.05) is 38.2 Å². The predicted octanol–water partition coefficient (Wildman–Crippen LogP) is 4.06. The van der Waals surface area contributed by atoms with Crippen LogP contribution in [0.4, 0.5) is 0 Å². The molecule has 2 aromatic carbocycles. The van der Waals surface area contributed by atoms with E-state index in [9.17, 15) is 9.59 Å². The van der Waals surface area contributed by atoms with Crippen LogP contribution in [0.5, 0.6) is 0 Å². The molecule has 0 aliphatic carbocycles. The maximum atomic E-state index is 13.4. The van der Waals surface area contributed by atoms with E-state index in [0.29, 0.717) is 19.5 Å². The summed E-state index contributed by atoms with van der Waals surface area (Å²) in [5, 5.41) is 2.89. The normalized spacial score (nSPS) is 15.3. The van der Waals surface area contributed by atoms with Gasteiger partial charge in [-0.25, -0.2) is 0 Å². The van der Waals surface area contributed by atoms with Gasteiger partial charge in [0.2, 0.25) is 5.91 Å². The molecule has 1 fully saturated rings. The van der Waals surface area contributed by atoms with Crippen LogP contribution in [0.15, 0.2) is 83.5 Å². The van der Waals surface area contributed by atoms with E-state index in [1.165, 1.54) is 17.4 Å². The standard InChI is InChI=1S/C27H31N3O3S/c1-34-20-14-23(28-26(31)24-13-8-19-33-24)27(32)30-17-15-29(16-18-30)25(21-9-4-2-5-10-21)22-11-6-3-7-12-22/h2-13,19,23,25H,14-18,20H2,1H3,(H,28,31). The minimum atomic E-state index is -0.560.